The Morgan fingerprint density at radius 1 is 1.56 bits per heavy atom. The van der Waals surface area contributed by atoms with E-state index in [0.29, 0.717) is 11.6 Å². The Morgan fingerprint density at radius 3 is 3.06 bits per heavy atom. The summed E-state index contributed by atoms with van der Waals surface area (Å²) in [6, 6.07) is 8.18. The molecule has 0 aliphatic carbocycles. The van der Waals surface area contributed by atoms with Gasteiger partial charge in [-0.25, -0.2) is 4.68 Å². The third kappa shape index (κ3) is 3.15. The van der Waals surface area contributed by atoms with Crippen molar-refractivity contribution in [3.63, 3.8) is 0 Å². The molecule has 1 unspecified atom stereocenters. The molecule has 2 aromatic rings. The lowest BCUT2D eigenvalue weighted by molar-refractivity contribution is 0.613. The summed E-state index contributed by atoms with van der Waals surface area (Å²) >= 11 is 5.73. The highest BCUT2D eigenvalue weighted by Crippen LogP contribution is 2.16. The van der Waals surface area contributed by atoms with Crippen LogP contribution in [0.25, 0.3) is 5.69 Å². The van der Waals surface area contributed by atoms with Crippen LogP contribution in [0, 0.1) is 0 Å². The number of hydrogen-bond acceptors (Lipinski definition) is 4. The van der Waals surface area contributed by atoms with Gasteiger partial charge in [0, 0.05) is 17.6 Å². The predicted octanol–water partition coefficient (Wildman–Crippen LogP) is 2.07. The maximum atomic E-state index is 5.73. The van der Waals surface area contributed by atoms with Crippen molar-refractivity contribution in [1.29, 1.82) is 0 Å². The van der Waals surface area contributed by atoms with Crippen molar-refractivity contribution in [2.75, 3.05) is 6.54 Å². The normalized spacial score (nSPS) is 12.3. The van der Waals surface area contributed by atoms with Gasteiger partial charge >= 0.3 is 0 Å². The van der Waals surface area contributed by atoms with E-state index in [4.69, 9.17) is 11.6 Å². The maximum absolute atomic E-state index is 5.73. The lowest BCUT2D eigenvalue weighted by atomic mass is 10.1. The average molecular weight is 264 g/mol. The van der Waals surface area contributed by atoms with Crippen LogP contribution >= 0.6 is 11.6 Å². The van der Waals surface area contributed by atoms with Gasteiger partial charge in [-0.3, -0.25) is 0 Å². The van der Waals surface area contributed by atoms with E-state index in [1.807, 2.05) is 24.3 Å². The topological polar surface area (TPSA) is 55.6 Å². The van der Waals surface area contributed by atoms with E-state index in [9.17, 15) is 0 Å². The van der Waals surface area contributed by atoms with Gasteiger partial charge in [0.1, 0.15) is 6.33 Å². The highest BCUT2D eigenvalue weighted by molar-refractivity contribution is 6.29. The van der Waals surface area contributed by atoms with Crippen LogP contribution in [0.1, 0.15) is 18.5 Å². The molecule has 6 heteroatoms. The number of nitrogens with zero attached hydrogens (tertiary/aromatic N) is 4. The van der Waals surface area contributed by atoms with Gasteiger partial charge in [-0.05, 0) is 35.0 Å². The Labute approximate surface area is 110 Å². The molecule has 1 heterocycles. The van der Waals surface area contributed by atoms with Crippen molar-refractivity contribution in [2.24, 2.45) is 0 Å². The zero-order valence-electron chi connectivity index (χ0n) is 10.0. The second-order valence-electron chi connectivity index (χ2n) is 3.97. The number of halogens is 1. The van der Waals surface area contributed by atoms with Gasteiger partial charge in [0.15, 0.2) is 0 Å². The van der Waals surface area contributed by atoms with Crippen molar-refractivity contribution < 1.29 is 0 Å². The van der Waals surface area contributed by atoms with Crippen LogP contribution in [-0.2, 0) is 0 Å². The van der Waals surface area contributed by atoms with E-state index in [1.165, 1.54) is 0 Å². The second-order valence-corrected chi connectivity index (χ2v) is 4.50. The van der Waals surface area contributed by atoms with Crippen LogP contribution in [0.2, 0.25) is 0 Å². The monoisotopic (exact) mass is 263 g/mol. The number of aromatic nitrogens is 4. The minimum atomic E-state index is 0.178. The zero-order chi connectivity index (χ0) is 13.0. The Balaban J connectivity index is 2.14. The number of tetrazole rings is 1. The highest BCUT2D eigenvalue weighted by atomic mass is 35.5. The molecule has 0 radical (unpaired) electrons. The summed E-state index contributed by atoms with van der Waals surface area (Å²) in [7, 11) is 0. The first-order valence-electron chi connectivity index (χ1n) is 5.57. The summed E-state index contributed by atoms with van der Waals surface area (Å²) < 4.78 is 1.62. The number of benzene rings is 1. The standard InChI is InChI=1S/C12H14ClN5/c1-9(13)7-14-10(2)11-4-3-5-12(6-11)18-8-15-16-17-18/h3-6,8,10,14H,1,7H2,2H3. The van der Waals surface area contributed by atoms with Crippen molar-refractivity contribution >= 4 is 11.6 Å². The second kappa shape index (κ2) is 5.75. The molecule has 1 aromatic heterocycles. The first-order valence-corrected chi connectivity index (χ1v) is 5.94. The van der Waals surface area contributed by atoms with Gasteiger partial charge in [-0.15, -0.1) is 5.10 Å². The fourth-order valence-corrected chi connectivity index (χ4v) is 1.68. The molecule has 0 fully saturated rings. The van der Waals surface area contributed by atoms with Crippen molar-refractivity contribution in [3.8, 4) is 5.69 Å². The van der Waals surface area contributed by atoms with Gasteiger partial charge < -0.3 is 5.32 Å². The van der Waals surface area contributed by atoms with Crippen LogP contribution in [0.5, 0.6) is 0 Å². The molecule has 1 aromatic carbocycles. The first-order chi connectivity index (χ1) is 8.66. The summed E-state index contributed by atoms with van der Waals surface area (Å²) in [6.07, 6.45) is 1.57. The predicted molar refractivity (Wildman–Crippen MR) is 70.6 cm³/mol. The maximum Gasteiger partial charge on any atom is 0.143 e. The fourth-order valence-electron chi connectivity index (χ4n) is 1.60. The Morgan fingerprint density at radius 2 is 2.39 bits per heavy atom. The molecule has 1 atom stereocenters. The highest BCUT2D eigenvalue weighted by Gasteiger charge is 2.06. The Bertz CT molecular complexity index is 523. The lowest BCUT2D eigenvalue weighted by Gasteiger charge is -2.14. The molecule has 0 saturated heterocycles. The Kier molecular flexibility index (Phi) is 4.07. The van der Waals surface area contributed by atoms with Crippen LogP contribution < -0.4 is 5.32 Å². The van der Waals surface area contributed by atoms with Gasteiger partial charge in [0.05, 0.1) is 5.69 Å². The van der Waals surface area contributed by atoms with Gasteiger partial charge in [-0.1, -0.05) is 30.3 Å². The van der Waals surface area contributed by atoms with Gasteiger partial charge in [-0.2, -0.15) is 0 Å². The number of rotatable bonds is 5. The van der Waals surface area contributed by atoms with Crippen LogP contribution in [-0.4, -0.2) is 26.8 Å². The molecular weight excluding hydrogens is 250 g/mol. The molecule has 5 nitrogen and oxygen atoms in total. The molecule has 0 aliphatic heterocycles. The zero-order valence-corrected chi connectivity index (χ0v) is 10.8. The summed E-state index contributed by atoms with van der Waals surface area (Å²) in [5.41, 5.74) is 2.07. The van der Waals surface area contributed by atoms with E-state index >= 15 is 0 Å². The minimum absolute atomic E-state index is 0.178. The van der Waals surface area contributed by atoms with Gasteiger partial charge in [0.2, 0.25) is 0 Å². The fraction of sp³-hybridized carbons (Fsp3) is 0.250. The lowest BCUT2D eigenvalue weighted by Crippen LogP contribution is -2.19. The number of hydrogen-bond donors (Lipinski definition) is 1. The van der Waals surface area contributed by atoms with E-state index in [-0.39, 0.29) is 6.04 Å². The van der Waals surface area contributed by atoms with Crippen LogP contribution in [0.3, 0.4) is 0 Å². The van der Waals surface area contributed by atoms with Crippen molar-refractivity contribution in [1.82, 2.24) is 25.5 Å². The molecule has 0 saturated carbocycles. The summed E-state index contributed by atoms with van der Waals surface area (Å²) in [5.74, 6) is 0. The molecule has 0 aliphatic rings. The molecule has 0 bridgehead atoms. The minimum Gasteiger partial charge on any atom is -0.305 e. The molecule has 0 amide bonds. The molecule has 18 heavy (non-hydrogen) atoms. The van der Waals surface area contributed by atoms with E-state index in [0.717, 1.165) is 11.3 Å². The molecular formula is C12H14ClN5. The van der Waals surface area contributed by atoms with E-state index in [2.05, 4.69) is 34.3 Å². The summed E-state index contributed by atoms with van der Waals surface area (Å²) in [6.45, 7) is 6.30. The molecule has 0 spiro atoms. The van der Waals surface area contributed by atoms with E-state index < -0.39 is 0 Å². The van der Waals surface area contributed by atoms with Crippen LogP contribution in [0.15, 0.2) is 42.2 Å². The average Bonchev–Trinajstić information content (AvgIpc) is 2.90. The molecule has 1 N–H and O–H groups in total. The molecule has 94 valence electrons. The van der Waals surface area contributed by atoms with Crippen molar-refractivity contribution in [3.05, 3.63) is 47.8 Å². The largest absolute Gasteiger partial charge is 0.305 e. The Hall–Kier alpha value is -1.72. The SMILES string of the molecule is C=C(Cl)CNC(C)c1cccc(-n2cnnn2)c1. The molecule has 2 rings (SSSR count). The van der Waals surface area contributed by atoms with E-state index in [1.54, 1.807) is 11.0 Å². The first kappa shape index (κ1) is 12.7. The van der Waals surface area contributed by atoms with Crippen molar-refractivity contribution in [2.45, 2.75) is 13.0 Å². The summed E-state index contributed by atoms with van der Waals surface area (Å²) in [5, 5.41) is 15.0. The third-order valence-corrected chi connectivity index (χ3v) is 2.72. The third-order valence-electron chi connectivity index (χ3n) is 2.58. The van der Waals surface area contributed by atoms with Crippen LogP contribution in [0.4, 0.5) is 0 Å². The number of nitrogens with one attached hydrogen (secondary N) is 1. The quantitative estimate of drug-likeness (QED) is 0.897. The summed E-state index contributed by atoms with van der Waals surface area (Å²) in [4.78, 5) is 0. The smallest absolute Gasteiger partial charge is 0.143 e. The van der Waals surface area contributed by atoms with Gasteiger partial charge in [0.25, 0.3) is 0 Å².